The lowest BCUT2D eigenvalue weighted by Gasteiger charge is -2.09. The Bertz CT molecular complexity index is 687. The van der Waals surface area contributed by atoms with E-state index in [2.05, 4.69) is 15.6 Å². The van der Waals surface area contributed by atoms with Gasteiger partial charge in [-0.25, -0.2) is 14.6 Å². The van der Waals surface area contributed by atoms with Crippen LogP contribution < -0.4 is 10.6 Å². The van der Waals surface area contributed by atoms with Crippen LogP contribution in [0.25, 0.3) is 0 Å². The Morgan fingerprint density at radius 1 is 1.10 bits per heavy atom. The van der Waals surface area contributed by atoms with Crippen LogP contribution in [0.4, 0.5) is 16.2 Å². The quantitative estimate of drug-likeness (QED) is 0.801. The van der Waals surface area contributed by atoms with Gasteiger partial charge in [-0.3, -0.25) is 0 Å². The smallest absolute Gasteiger partial charge is 0.356 e. The van der Waals surface area contributed by atoms with Gasteiger partial charge in [-0.05, 0) is 30.3 Å². The van der Waals surface area contributed by atoms with Gasteiger partial charge in [0.1, 0.15) is 0 Å². The Hall–Kier alpha value is -2.31. The maximum absolute atomic E-state index is 11.9. The minimum absolute atomic E-state index is 0.0793. The summed E-state index contributed by atoms with van der Waals surface area (Å²) in [5.41, 5.74) is 0.207. The Morgan fingerprint density at radius 3 is 2.38 bits per heavy atom. The summed E-state index contributed by atoms with van der Waals surface area (Å²) in [6.45, 7) is 0. The molecule has 2 amide bonds. The van der Waals surface area contributed by atoms with Crippen LogP contribution in [-0.2, 0) is 0 Å². The number of amides is 2. The number of carbonyl (C=O) groups is 2. The number of urea groups is 1. The van der Waals surface area contributed by atoms with Crippen LogP contribution in [0.2, 0.25) is 10.0 Å². The molecule has 0 bridgehead atoms. The molecular formula is C13H9Cl2N3O3. The van der Waals surface area contributed by atoms with Crippen molar-refractivity contribution in [1.29, 1.82) is 0 Å². The van der Waals surface area contributed by atoms with Gasteiger partial charge in [0.25, 0.3) is 0 Å². The molecule has 0 aliphatic heterocycles. The number of carboxylic acids is 1. The third-order valence-electron chi connectivity index (χ3n) is 2.38. The van der Waals surface area contributed by atoms with Crippen LogP contribution in [0.3, 0.4) is 0 Å². The summed E-state index contributed by atoms with van der Waals surface area (Å²) in [4.78, 5) is 26.5. The van der Waals surface area contributed by atoms with Gasteiger partial charge in [-0.2, -0.15) is 0 Å². The van der Waals surface area contributed by atoms with Crippen molar-refractivity contribution in [2.24, 2.45) is 0 Å². The second kappa shape index (κ2) is 6.43. The van der Waals surface area contributed by atoms with E-state index < -0.39 is 12.0 Å². The first-order valence-corrected chi connectivity index (χ1v) is 6.43. The van der Waals surface area contributed by atoms with E-state index in [0.717, 1.165) is 0 Å². The van der Waals surface area contributed by atoms with E-state index >= 15 is 0 Å². The van der Waals surface area contributed by atoms with E-state index in [0.29, 0.717) is 15.7 Å². The topological polar surface area (TPSA) is 91.3 Å². The first kappa shape index (κ1) is 15.1. The predicted molar refractivity (Wildman–Crippen MR) is 80.3 cm³/mol. The van der Waals surface area contributed by atoms with Crippen molar-refractivity contribution in [3.63, 3.8) is 0 Å². The highest BCUT2D eigenvalue weighted by Crippen LogP contribution is 2.22. The summed E-state index contributed by atoms with van der Waals surface area (Å²) in [7, 11) is 0. The number of nitrogens with one attached hydrogen (secondary N) is 2. The fraction of sp³-hybridized carbons (Fsp3) is 0. The maximum atomic E-state index is 11.9. The van der Waals surface area contributed by atoms with Crippen molar-refractivity contribution in [2.75, 3.05) is 10.6 Å². The largest absolute Gasteiger partial charge is 0.476 e. The van der Waals surface area contributed by atoms with E-state index in [1.165, 1.54) is 36.5 Å². The van der Waals surface area contributed by atoms with Gasteiger partial charge in [-0.1, -0.05) is 23.2 Å². The Kier molecular flexibility index (Phi) is 4.62. The zero-order valence-corrected chi connectivity index (χ0v) is 11.9. The lowest BCUT2D eigenvalue weighted by Crippen LogP contribution is -2.21. The monoisotopic (exact) mass is 325 g/mol. The molecule has 3 N–H and O–H groups in total. The first-order chi connectivity index (χ1) is 9.95. The highest BCUT2D eigenvalue weighted by Gasteiger charge is 2.13. The zero-order chi connectivity index (χ0) is 15.4. The molecule has 108 valence electrons. The molecule has 0 aliphatic rings. The molecule has 0 saturated carbocycles. The zero-order valence-electron chi connectivity index (χ0n) is 10.4. The molecule has 1 heterocycles. The van der Waals surface area contributed by atoms with Crippen molar-refractivity contribution in [1.82, 2.24) is 4.98 Å². The Balaban J connectivity index is 2.14. The number of pyridine rings is 1. The number of carbonyl (C=O) groups excluding carboxylic acids is 1. The van der Waals surface area contributed by atoms with Crippen molar-refractivity contribution >= 4 is 46.6 Å². The average molecular weight is 326 g/mol. The number of rotatable bonds is 3. The Morgan fingerprint density at radius 2 is 1.76 bits per heavy atom. The van der Waals surface area contributed by atoms with E-state index in [9.17, 15) is 9.59 Å². The highest BCUT2D eigenvalue weighted by molar-refractivity contribution is 6.35. The van der Waals surface area contributed by atoms with Gasteiger partial charge in [0, 0.05) is 21.9 Å². The number of benzene rings is 1. The van der Waals surface area contributed by atoms with E-state index in [1.54, 1.807) is 0 Å². The van der Waals surface area contributed by atoms with Gasteiger partial charge in [0.15, 0.2) is 5.69 Å². The van der Waals surface area contributed by atoms with Crippen LogP contribution in [0.5, 0.6) is 0 Å². The molecule has 2 aromatic rings. The number of anilines is 2. The van der Waals surface area contributed by atoms with Crippen LogP contribution in [0.15, 0.2) is 36.5 Å². The van der Waals surface area contributed by atoms with E-state index in [1.807, 2.05) is 0 Å². The third-order valence-corrected chi connectivity index (χ3v) is 2.82. The van der Waals surface area contributed by atoms with Gasteiger partial charge in [-0.15, -0.1) is 0 Å². The minimum Gasteiger partial charge on any atom is -0.476 e. The predicted octanol–water partition coefficient (Wildman–Crippen LogP) is 3.73. The number of hydrogen-bond acceptors (Lipinski definition) is 3. The number of halogens is 2. The molecule has 6 nitrogen and oxygen atoms in total. The van der Waals surface area contributed by atoms with Crippen molar-refractivity contribution in [3.8, 4) is 0 Å². The number of nitrogens with zero attached hydrogens (tertiary/aromatic N) is 1. The molecule has 0 atom stereocenters. The second-order valence-corrected chi connectivity index (χ2v) is 4.81. The van der Waals surface area contributed by atoms with Gasteiger partial charge < -0.3 is 15.7 Å². The van der Waals surface area contributed by atoms with Gasteiger partial charge in [0.2, 0.25) is 0 Å². The van der Waals surface area contributed by atoms with Crippen molar-refractivity contribution < 1.29 is 14.7 Å². The molecule has 1 aromatic heterocycles. The van der Waals surface area contributed by atoms with Crippen LogP contribution in [-0.4, -0.2) is 22.1 Å². The number of hydrogen-bond donors (Lipinski definition) is 3. The summed E-state index contributed by atoms with van der Waals surface area (Å²) in [5.74, 6) is -1.24. The molecule has 0 radical (unpaired) electrons. The average Bonchev–Trinajstić information content (AvgIpc) is 2.37. The summed E-state index contributed by atoms with van der Waals surface area (Å²) >= 11 is 11.6. The highest BCUT2D eigenvalue weighted by atomic mass is 35.5. The molecule has 0 unspecified atom stereocenters. The third kappa shape index (κ3) is 4.08. The molecule has 8 heteroatoms. The minimum atomic E-state index is -1.24. The lowest BCUT2D eigenvalue weighted by molar-refractivity contribution is 0.0692. The fourth-order valence-corrected chi connectivity index (χ4v) is 2.11. The van der Waals surface area contributed by atoms with Crippen molar-refractivity contribution in [3.05, 3.63) is 52.3 Å². The number of aromatic carboxylic acids is 1. The first-order valence-electron chi connectivity index (χ1n) is 5.68. The van der Waals surface area contributed by atoms with Crippen LogP contribution >= 0.6 is 23.2 Å². The van der Waals surface area contributed by atoms with E-state index in [-0.39, 0.29) is 11.4 Å². The van der Waals surface area contributed by atoms with Crippen LogP contribution in [0.1, 0.15) is 10.5 Å². The summed E-state index contributed by atoms with van der Waals surface area (Å²) < 4.78 is 0. The molecule has 21 heavy (non-hydrogen) atoms. The summed E-state index contributed by atoms with van der Waals surface area (Å²) in [6, 6.07) is 6.85. The number of aromatic nitrogens is 1. The van der Waals surface area contributed by atoms with E-state index in [4.69, 9.17) is 28.3 Å². The van der Waals surface area contributed by atoms with Gasteiger partial charge in [0.05, 0.1) is 5.69 Å². The summed E-state index contributed by atoms with van der Waals surface area (Å²) in [6.07, 6.45) is 1.32. The van der Waals surface area contributed by atoms with Gasteiger partial charge >= 0.3 is 12.0 Å². The second-order valence-electron chi connectivity index (χ2n) is 3.94. The number of carboxylic acid groups (broad SMARTS) is 1. The molecule has 0 saturated heterocycles. The molecule has 0 fully saturated rings. The van der Waals surface area contributed by atoms with Crippen molar-refractivity contribution in [2.45, 2.75) is 0 Å². The molecular weight excluding hydrogens is 317 g/mol. The standard InChI is InChI=1S/C13H9Cl2N3O3/c14-7-4-8(15)6-9(5-7)17-13(21)18-10-2-1-3-16-11(10)12(19)20/h1-6H,(H,19,20)(H2,17,18,21). The SMILES string of the molecule is O=C(Nc1cc(Cl)cc(Cl)c1)Nc1cccnc1C(=O)O. The normalized spacial score (nSPS) is 10.0. The summed E-state index contributed by atoms with van der Waals surface area (Å²) in [5, 5.41) is 14.6. The lowest BCUT2D eigenvalue weighted by atomic mass is 10.3. The molecule has 0 aliphatic carbocycles. The molecule has 1 aromatic carbocycles. The van der Waals surface area contributed by atoms with Crippen LogP contribution in [0, 0.1) is 0 Å². The fourth-order valence-electron chi connectivity index (χ4n) is 1.59. The Labute approximate surface area is 129 Å². The molecule has 0 spiro atoms. The maximum Gasteiger partial charge on any atom is 0.356 e. The molecule has 2 rings (SSSR count).